The van der Waals surface area contributed by atoms with E-state index in [1.807, 2.05) is 7.05 Å². The standard InChI is InChI=1S/C14H16FNO2/c1-3-18-14(17)13-8-7-12(15)10-11(13)6-4-5-9-16-2/h7-8,10,16H,3,5,9H2,1-2H3. The van der Waals surface area contributed by atoms with E-state index in [0.29, 0.717) is 17.5 Å². The summed E-state index contributed by atoms with van der Waals surface area (Å²) in [7, 11) is 1.83. The summed E-state index contributed by atoms with van der Waals surface area (Å²) in [5, 5.41) is 2.95. The van der Waals surface area contributed by atoms with E-state index in [1.54, 1.807) is 6.92 Å². The number of hydrogen-bond acceptors (Lipinski definition) is 3. The van der Waals surface area contributed by atoms with Gasteiger partial charge in [-0.05, 0) is 32.2 Å². The Balaban J connectivity index is 2.95. The molecule has 0 unspecified atom stereocenters. The molecule has 0 saturated heterocycles. The lowest BCUT2D eigenvalue weighted by molar-refractivity contribution is 0.0526. The highest BCUT2D eigenvalue weighted by Crippen LogP contribution is 2.11. The number of carbonyl (C=O) groups excluding carboxylic acids is 1. The molecule has 0 aliphatic carbocycles. The van der Waals surface area contributed by atoms with E-state index in [-0.39, 0.29) is 6.61 Å². The lowest BCUT2D eigenvalue weighted by atomic mass is 10.1. The number of ether oxygens (including phenoxy) is 1. The lowest BCUT2D eigenvalue weighted by Gasteiger charge is -2.04. The molecule has 0 aromatic heterocycles. The van der Waals surface area contributed by atoms with Gasteiger partial charge in [-0.3, -0.25) is 0 Å². The van der Waals surface area contributed by atoms with Crippen LogP contribution in [-0.2, 0) is 4.74 Å². The molecule has 0 aliphatic rings. The van der Waals surface area contributed by atoms with E-state index >= 15 is 0 Å². The number of carbonyl (C=O) groups is 1. The summed E-state index contributed by atoms with van der Waals surface area (Å²) in [5.41, 5.74) is 0.666. The van der Waals surface area contributed by atoms with E-state index in [2.05, 4.69) is 17.2 Å². The van der Waals surface area contributed by atoms with Crippen LogP contribution in [-0.4, -0.2) is 26.2 Å². The second kappa shape index (κ2) is 7.46. The number of hydrogen-bond donors (Lipinski definition) is 1. The molecule has 0 atom stereocenters. The number of esters is 1. The van der Waals surface area contributed by atoms with Crippen molar-refractivity contribution in [1.29, 1.82) is 0 Å². The van der Waals surface area contributed by atoms with Crippen LogP contribution in [0.2, 0.25) is 0 Å². The Bertz CT molecular complexity index is 474. The Morgan fingerprint density at radius 3 is 2.94 bits per heavy atom. The van der Waals surface area contributed by atoms with Crippen molar-refractivity contribution in [2.75, 3.05) is 20.2 Å². The second-order valence-corrected chi connectivity index (χ2v) is 3.57. The van der Waals surface area contributed by atoms with E-state index in [4.69, 9.17) is 4.74 Å². The maximum Gasteiger partial charge on any atom is 0.339 e. The van der Waals surface area contributed by atoms with Gasteiger partial charge in [0.1, 0.15) is 5.82 Å². The average molecular weight is 249 g/mol. The van der Waals surface area contributed by atoms with Crippen LogP contribution in [0.3, 0.4) is 0 Å². The van der Waals surface area contributed by atoms with Gasteiger partial charge in [-0.1, -0.05) is 11.8 Å². The second-order valence-electron chi connectivity index (χ2n) is 3.57. The summed E-state index contributed by atoms with van der Waals surface area (Å²) in [4.78, 5) is 11.6. The van der Waals surface area contributed by atoms with Crippen LogP contribution >= 0.6 is 0 Å². The zero-order valence-electron chi connectivity index (χ0n) is 10.5. The molecule has 0 aliphatic heterocycles. The smallest absolute Gasteiger partial charge is 0.339 e. The molecule has 96 valence electrons. The van der Waals surface area contributed by atoms with Gasteiger partial charge in [-0.25, -0.2) is 9.18 Å². The van der Waals surface area contributed by atoms with Crippen LogP contribution in [0.5, 0.6) is 0 Å². The predicted octanol–water partition coefficient (Wildman–Crippen LogP) is 1.96. The molecule has 4 heteroatoms. The molecule has 3 nitrogen and oxygen atoms in total. The normalized spacial score (nSPS) is 9.50. The van der Waals surface area contributed by atoms with Crippen molar-refractivity contribution in [3.63, 3.8) is 0 Å². The molecular formula is C14H16FNO2. The van der Waals surface area contributed by atoms with Crippen molar-refractivity contribution in [1.82, 2.24) is 5.32 Å². The summed E-state index contributed by atoms with van der Waals surface area (Å²) < 4.78 is 18.0. The third-order valence-corrected chi connectivity index (χ3v) is 2.20. The first kappa shape index (κ1) is 14.2. The topological polar surface area (TPSA) is 38.3 Å². The molecule has 0 amide bonds. The highest BCUT2D eigenvalue weighted by atomic mass is 19.1. The van der Waals surface area contributed by atoms with Crippen LogP contribution in [0.15, 0.2) is 18.2 Å². The average Bonchev–Trinajstić information content (AvgIpc) is 2.35. The quantitative estimate of drug-likeness (QED) is 0.503. The summed E-state index contributed by atoms with van der Waals surface area (Å²) in [5.74, 6) is 4.79. The van der Waals surface area contributed by atoms with Gasteiger partial charge in [0, 0.05) is 18.5 Å². The summed E-state index contributed by atoms with van der Waals surface area (Å²) >= 11 is 0. The molecule has 0 saturated carbocycles. The molecule has 0 bridgehead atoms. The van der Waals surface area contributed by atoms with Crippen LogP contribution in [0.1, 0.15) is 29.3 Å². The Morgan fingerprint density at radius 2 is 2.28 bits per heavy atom. The van der Waals surface area contributed by atoms with Crippen LogP contribution in [0.25, 0.3) is 0 Å². The summed E-state index contributed by atoms with van der Waals surface area (Å²) in [6, 6.07) is 3.87. The zero-order valence-corrected chi connectivity index (χ0v) is 10.5. The highest BCUT2D eigenvalue weighted by molar-refractivity contribution is 5.92. The molecule has 18 heavy (non-hydrogen) atoms. The number of rotatable bonds is 4. The lowest BCUT2D eigenvalue weighted by Crippen LogP contribution is -2.07. The van der Waals surface area contributed by atoms with Crippen LogP contribution < -0.4 is 5.32 Å². The maximum atomic E-state index is 13.1. The molecule has 0 fully saturated rings. The van der Waals surface area contributed by atoms with Crippen LogP contribution in [0, 0.1) is 17.7 Å². The minimum atomic E-state index is -0.476. The largest absolute Gasteiger partial charge is 0.462 e. The van der Waals surface area contributed by atoms with Crippen molar-refractivity contribution < 1.29 is 13.9 Å². The van der Waals surface area contributed by atoms with Crippen molar-refractivity contribution >= 4 is 5.97 Å². The Kier molecular flexibility index (Phi) is 5.89. The molecule has 0 heterocycles. The minimum absolute atomic E-state index is 0.281. The molecule has 1 N–H and O–H groups in total. The van der Waals surface area contributed by atoms with Gasteiger partial charge in [-0.15, -0.1) is 0 Å². The fourth-order valence-electron chi connectivity index (χ4n) is 1.35. The number of benzene rings is 1. The third kappa shape index (κ3) is 4.19. The van der Waals surface area contributed by atoms with Gasteiger partial charge in [-0.2, -0.15) is 0 Å². The van der Waals surface area contributed by atoms with Gasteiger partial charge < -0.3 is 10.1 Å². The van der Waals surface area contributed by atoms with Gasteiger partial charge in [0.15, 0.2) is 0 Å². The van der Waals surface area contributed by atoms with Crippen molar-refractivity contribution in [3.8, 4) is 11.8 Å². The molecule has 1 aromatic rings. The maximum absolute atomic E-state index is 13.1. The molecule has 0 spiro atoms. The number of nitrogens with one attached hydrogen (secondary N) is 1. The predicted molar refractivity (Wildman–Crippen MR) is 67.8 cm³/mol. The van der Waals surface area contributed by atoms with Crippen molar-refractivity contribution in [2.45, 2.75) is 13.3 Å². The first-order chi connectivity index (χ1) is 8.69. The van der Waals surface area contributed by atoms with Gasteiger partial charge >= 0.3 is 5.97 Å². The third-order valence-electron chi connectivity index (χ3n) is 2.20. The van der Waals surface area contributed by atoms with Gasteiger partial charge in [0.25, 0.3) is 0 Å². The fraction of sp³-hybridized carbons (Fsp3) is 0.357. The summed E-state index contributed by atoms with van der Waals surface area (Å²) in [6.07, 6.45) is 0.634. The van der Waals surface area contributed by atoms with Crippen LogP contribution in [0.4, 0.5) is 4.39 Å². The van der Waals surface area contributed by atoms with Gasteiger partial charge in [0.05, 0.1) is 12.2 Å². The van der Waals surface area contributed by atoms with E-state index in [0.717, 1.165) is 6.54 Å². The van der Waals surface area contributed by atoms with E-state index < -0.39 is 11.8 Å². The Hall–Kier alpha value is -1.86. The summed E-state index contributed by atoms with van der Waals surface area (Å²) in [6.45, 7) is 2.75. The van der Waals surface area contributed by atoms with E-state index in [9.17, 15) is 9.18 Å². The fourth-order valence-corrected chi connectivity index (χ4v) is 1.35. The monoisotopic (exact) mass is 249 g/mol. The molecular weight excluding hydrogens is 233 g/mol. The first-order valence-electron chi connectivity index (χ1n) is 5.79. The Morgan fingerprint density at radius 1 is 1.50 bits per heavy atom. The van der Waals surface area contributed by atoms with E-state index in [1.165, 1.54) is 18.2 Å². The molecule has 0 radical (unpaired) electrons. The van der Waals surface area contributed by atoms with Gasteiger partial charge in [0.2, 0.25) is 0 Å². The highest BCUT2D eigenvalue weighted by Gasteiger charge is 2.11. The molecule has 1 aromatic carbocycles. The zero-order chi connectivity index (χ0) is 13.4. The molecule has 1 rings (SSSR count). The SMILES string of the molecule is CCOC(=O)c1ccc(F)cc1C#CCCNC. The minimum Gasteiger partial charge on any atom is -0.462 e. The Labute approximate surface area is 106 Å². The first-order valence-corrected chi connectivity index (χ1v) is 5.79. The van der Waals surface area contributed by atoms with Crippen molar-refractivity contribution in [2.24, 2.45) is 0 Å². The number of halogens is 1. The van der Waals surface area contributed by atoms with Crippen molar-refractivity contribution in [3.05, 3.63) is 35.1 Å².